The van der Waals surface area contributed by atoms with Gasteiger partial charge in [0.25, 0.3) is 0 Å². The Kier molecular flexibility index (Phi) is 9.33. The third kappa shape index (κ3) is 8.69. The minimum absolute atomic E-state index is 0.0331. The molecule has 0 aliphatic heterocycles. The Labute approximate surface area is 156 Å². The summed E-state index contributed by atoms with van der Waals surface area (Å²) in [6.45, 7) is 1.37. The number of hydrogen-bond donors (Lipinski definition) is 4. The molecule has 0 fully saturated rings. The van der Waals surface area contributed by atoms with Crippen LogP contribution < -0.4 is 10.6 Å². The summed E-state index contributed by atoms with van der Waals surface area (Å²) in [5.41, 5.74) is 0.804. The number of carbonyl (C=O) groups is 3. The Hall–Kier alpha value is -3.12. The Morgan fingerprint density at radius 2 is 1.93 bits per heavy atom. The lowest BCUT2D eigenvalue weighted by molar-refractivity contribution is -0.143. The fraction of sp³-hybridized carbons (Fsp3) is 0.444. The van der Waals surface area contributed by atoms with Crippen molar-refractivity contribution in [2.75, 3.05) is 6.54 Å². The number of nitrogens with zero attached hydrogens (tertiary/aromatic N) is 1. The average molecular weight is 377 g/mol. The molecule has 0 aliphatic rings. The summed E-state index contributed by atoms with van der Waals surface area (Å²) in [5.74, 6) is -2.54. The Balaban J connectivity index is 2.34. The molecule has 2 amide bonds. The minimum Gasteiger partial charge on any atom is -0.480 e. The molecule has 0 radical (unpaired) electrons. The summed E-state index contributed by atoms with van der Waals surface area (Å²) in [4.78, 5) is 34.6. The first-order valence-corrected chi connectivity index (χ1v) is 8.35. The van der Waals surface area contributed by atoms with Crippen molar-refractivity contribution in [3.8, 4) is 6.07 Å². The summed E-state index contributed by atoms with van der Waals surface area (Å²) in [6.07, 6.45) is -2.39. The van der Waals surface area contributed by atoms with E-state index in [2.05, 4.69) is 10.6 Å². The van der Waals surface area contributed by atoms with E-state index in [1.54, 1.807) is 24.3 Å². The van der Waals surface area contributed by atoms with Gasteiger partial charge in [-0.1, -0.05) is 37.3 Å². The van der Waals surface area contributed by atoms with Crippen LogP contribution in [0, 0.1) is 17.2 Å². The van der Waals surface area contributed by atoms with Crippen molar-refractivity contribution >= 4 is 18.0 Å². The van der Waals surface area contributed by atoms with Crippen LogP contribution in [0.2, 0.25) is 0 Å². The molecule has 0 spiro atoms. The first-order chi connectivity index (χ1) is 12.8. The molecule has 0 bridgehead atoms. The largest absolute Gasteiger partial charge is 0.480 e. The van der Waals surface area contributed by atoms with Gasteiger partial charge < -0.3 is 25.6 Å². The molecule has 0 saturated carbocycles. The lowest BCUT2D eigenvalue weighted by atomic mass is 9.99. The van der Waals surface area contributed by atoms with Gasteiger partial charge in [0, 0.05) is 18.9 Å². The second-order valence-electron chi connectivity index (χ2n) is 6.02. The van der Waals surface area contributed by atoms with Gasteiger partial charge in [0.2, 0.25) is 5.91 Å². The first kappa shape index (κ1) is 21.9. The van der Waals surface area contributed by atoms with Crippen LogP contribution in [-0.4, -0.2) is 46.9 Å². The van der Waals surface area contributed by atoms with Crippen LogP contribution in [0.4, 0.5) is 4.79 Å². The van der Waals surface area contributed by atoms with Gasteiger partial charge >= 0.3 is 12.1 Å². The number of aliphatic hydroxyl groups is 1. The zero-order chi connectivity index (χ0) is 20.2. The van der Waals surface area contributed by atoms with Crippen molar-refractivity contribution in [3.63, 3.8) is 0 Å². The standard InChI is InChI=1S/C18H23N3O6/c1-12(7-8-19)16(17(24)25)21-15(23)9-14(22)10-20-18(26)27-11-13-5-3-2-4-6-13/h2-6,12,14,16,22H,7,9-11H2,1H3,(H,20,26)(H,21,23)(H,24,25)/t12-,14+,16+/m1/s1. The smallest absolute Gasteiger partial charge is 0.407 e. The van der Waals surface area contributed by atoms with Gasteiger partial charge in [-0.15, -0.1) is 0 Å². The van der Waals surface area contributed by atoms with Gasteiger partial charge in [0.1, 0.15) is 12.6 Å². The van der Waals surface area contributed by atoms with E-state index in [0.29, 0.717) is 0 Å². The summed E-state index contributed by atoms with van der Waals surface area (Å²) >= 11 is 0. The Bertz CT molecular complexity index is 673. The van der Waals surface area contributed by atoms with Crippen molar-refractivity contribution in [1.82, 2.24) is 10.6 Å². The molecule has 0 heterocycles. The van der Waals surface area contributed by atoms with Gasteiger partial charge in [0.05, 0.1) is 18.6 Å². The second-order valence-corrected chi connectivity index (χ2v) is 6.02. The molecule has 0 unspecified atom stereocenters. The van der Waals surface area contributed by atoms with Crippen molar-refractivity contribution < 1.29 is 29.3 Å². The molecule has 27 heavy (non-hydrogen) atoms. The number of carboxylic acids is 1. The summed E-state index contributed by atoms with van der Waals surface area (Å²) in [5, 5.41) is 32.2. The quantitative estimate of drug-likeness (QED) is 0.471. The first-order valence-electron chi connectivity index (χ1n) is 8.35. The van der Waals surface area contributed by atoms with Gasteiger partial charge in [-0.3, -0.25) is 4.79 Å². The maximum Gasteiger partial charge on any atom is 0.407 e. The number of carboxylic acid groups (broad SMARTS) is 1. The number of carbonyl (C=O) groups excluding carboxylic acids is 2. The fourth-order valence-corrected chi connectivity index (χ4v) is 2.20. The number of aliphatic carboxylic acids is 1. The number of nitriles is 1. The number of ether oxygens (including phenoxy) is 1. The summed E-state index contributed by atoms with van der Waals surface area (Å²) < 4.78 is 4.97. The molecule has 146 valence electrons. The highest BCUT2D eigenvalue weighted by atomic mass is 16.5. The average Bonchev–Trinajstić information content (AvgIpc) is 2.63. The predicted octanol–water partition coefficient (Wildman–Crippen LogP) is 0.783. The number of aliphatic hydroxyl groups excluding tert-OH is 1. The topological polar surface area (TPSA) is 149 Å². The van der Waals surface area contributed by atoms with E-state index in [0.717, 1.165) is 5.56 Å². The predicted molar refractivity (Wildman–Crippen MR) is 94.2 cm³/mol. The fourth-order valence-electron chi connectivity index (χ4n) is 2.20. The van der Waals surface area contributed by atoms with Gasteiger partial charge in [-0.2, -0.15) is 5.26 Å². The highest BCUT2D eigenvalue weighted by molar-refractivity contribution is 5.84. The van der Waals surface area contributed by atoms with Gasteiger partial charge in [0.15, 0.2) is 0 Å². The maximum absolute atomic E-state index is 11.9. The molecule has 0 aliphatic carbocycles. The highest BCUT2D eigenvalue weighted by Gasteiger charge is 2.27. The van der Waals surface area contributed by atoms with Crippen LogP contribution >= 0.6 is 0 Å². The molecule has 1 aromatic rings. The third-order valence-corrected chi connectivity index (χ3v) is 3.68. The summed E-state index contributed by atoms with van der Waals surface area (Å²) in [6, 6.07) is 9.65. The normalized spacial score (nSPS) is 13.5. The number of alkyl carbamates (subject to hydrolysis) is 1. The monoisotopic (exact) mass is 377 g/mol. The summed E-state index contributed by atoms with van der Waals surface area (Å²) in [7, 11) is 0. The number of benzene rings is 1. The van der Waals surface area contributed by atoms with E-state index in [-0.39, 0.29) is 19.6 Å². The van der Waals surface area contributed by atoms with Crippen LogP contribution in [0.25, 0.3) is 0 Å². The minimum atomic E-state index is -1.26. The Morgan fingerprint density at radius 1 is 1.26 bits per heavy atom. The van der Waals surface area contributed by atoms with Crippen LogP contribution in [0.3, 0.4) is 0 Å². The van der Waals surface area contributed by atoms with Crippen LogP contribution in [0.15, 0.2) is 30.3 Å². The van der Waals surface area contributed by atoms with E-state index in [1.165, 1.54) is 6.92 Å². The van der Waals surface area contributed by atoms with Crippen molar-refractivity contribution in [2.45, 2.75) is 38.5 Å². The van der Waals surface area contributed by atoms with Crippen LogP contribution in [0.5, 0.6) is 0 Å². The van der Waals surface area contributed by atoms with Crippen LogP contribution in [-0.2, 0) is 20.9 Å². The van der Waals surface area contributed by atoms with Gasteiger partial charge in [-0.05, 0) is 5.56 Å². The SMILES string of the molecule is C[C@H](CC#N)[C@H](NC(=O)C[C@H](O)CNC(=O)OCc1ccccc1)C(=O)O. The van der Waals surface area contributed by atoms with E-state index in [9.17, 15) is 19.5 Å². The lowest BCUT2D eigenvalue weighted by Crippen LogP contribution is -2.46. The molecule has 9 nitrogen and oxygen atoms in total. The lowest BCUT2D eigenvalue weighted by Gasteiger charge is -2.20. The zero-order valence-corrected chi connectivity index (χ0v) is 14.9. The number of hydrogen-bond acceptors (Lipinski definition) is 6. The molecular formula is C18H23N3O6. The van der Waals surface area contributed by atoms with Gasteiger partial charge in [-0.25, -0.2) is 9.59 Å². The molecule has 4 N–H and O–H groups in total. The molecule has 9 heteroatoms. The molecule has 3 atom stereocenters. The molecule has 1 aromatic carbocycles. The van der Waals surface area contributed by atoms with Crippen molar-refractivity contribution in [2.24, 2.45) is 5.92 Å². The maximum atomic E-state index is 11.9. The van der Waals surface area contributed by atoms with E-state index < -0.39 is 42.5 Å². The molecular weight excluding hydrogens is 354 g/mol. The molecule has 0 aromatic heterocycles. The van der Waals surface area contributed by atoms with Crippen molar-refractivity contribution in [1.29, 1.82) is 5.26 Å². The highest BCUT2D eigenvalue weighted by Crippen LogP contribution is 2.08. The zero-order valence-electron chi connectivity index (χ0n) is 14.9. The number of nitrogens with one attached hydrogen (secondary N) is 2. The van der Waals surface area contributed by atoms with Crippen molar-refractivity contribution in [3.05, 3.63) is 35.9 Å². The number of amides is 2. The second kappa shape index (κ2) is 11.5. The van der Waals surface area contributed by atoms with E-state index in [1.807, 2.05) is 12.1 Å². The molecule has 1 rings (SSSR count). The van der Waals surface area contributed by atoms with E-state index in [4.69, 9.17) is 15.1 Å². The Morgan fingerprint density at radius 3 is 2.52 bits per heavy atom. The number of rotatable bonds is 10. The van der Waals surface area contributed by atoms with Crippen LogP contribution in [0.1, 0.15) is 25.3 Å². The van der Waals surface area contributed by atoms with E-state index >= 15 is 0 Å². The molecule has 0 saturated heterocycles. The third-order valence-electron chi connectivity index (χ3n) is 3.68.